The number of likely N-dealkylation sites (N-methyl/N-ethyl adjacent to an activating group) is 1. The molecule has 3 heterocycles. The van der Waals surface area contributed by atoms with Gasteiger partial charge < -0.3 is 39.9 Å². The Hall–Kier alpha value is -4.07. The van der Waals surface area contributed by atoms with Crippen LogP contribution < -0.4 is 25.4 Å². The zero-order valence-corrected chi connectivity index (χ0v) is 29.1. The van der Waals surface area contributed by atoms with Crippen LogP contribution in [0.15, 0.2) is 17.3 Å². The summed E-state index contributed by atoms with van der Waals surface area (Å²) in [6, 6.07) is 0.0285. The Morgan fingerprint density at radius 1 is 1.08 bits per heavy atom. The van der Waals surface area contributed by atoms with E-state index in [9.17, 15) is 24.0 Å². The van der Waals surface area contributed by atoms with Crippen molar-refractivity contribution < 1.29 is 43.0 Å². The summed E-state index contributed by atoms with van der Waals surface area (Å²) in [7, 11) is 1.35. The van der Waals surface area contributed by atoms with Crippen LogP contribution in [0.2, 0.25) is 5.02 Å². The first-order valence-corrected chi connectivity index (χ1v) is 16.5. The number of hydrogen-bond acceptors (Lipinski definition) is 10. The molecule has 4 amide bonds. The minimum absolute atomic E-state index is 0.0160. The fourth-order valence-electron chi connectivity index (χ4n) is 6.17. The Labute approximate surface area is 284 Å². The Kier molecular flexibility index (Phi) is 9.61. The summed E-state index contributed by atoms with van der Waals surface area (Å²) in [6.45, 7) is 10.5. The standard InChI is InChI=1S/C33H44ClN5O9/c1-31(2,3)26(37-30(44)47-32(4,5)6)29(43)39-15-33(13-21(38-48-33)19-11-18(34)12-23-25(19)46-16-45-23)14-22(39)27(41)36-20(10-17-8-9-17)24(40)28(42)35-7/h11-12,17,20,22,26H,8-10,13-16H2,1-7H3,(H,35,42)(H,36,41)(H,37,44)/t20-,22-,26+,33+/m0/s1. The molecule has 0 aromatic heterocycles. The van der Waals surface area contributed by atoms with Crippen molar-refractivity contribution in [3.63, 3.8) is 0 Å². The van der Waals surface area contributed by atoms with Gasteiger partial charge in [-0.1, -0.05) is 50.4 Å². The fraction of sp³-hybridized carbons (Fsp3) is 0.636. The number of fused-ring (bicyclic) bond motifs is 1. The molecule has 1 aromatic rings. The molecule has 15 heteroatoms. The zero-order chi connectivity index (χ0) is 35.2. The van der Waals surface area contributed by atoms with Crippen molar-refractivity contribution in [3.8, 4) is 11.5 Å². The zero-order valence-electron chi connectivity index (χ0n) is 28.4. The van der Waals surface area contributed by atoms with Crippen LogP contribution in [0.3, 0.4) is 0 Å². The number of Topliss-reactive ketones (excluding diaryl/α,β-unsaturated/α-hetero) is 1. The highest BCUT2D eigenvalue weighted by Gasteiger charge is 2.56. The van der Waals surface area contributed by atoms with Crippen molar-refractivity contribution in [1.29, 1.82) is 0 Å². The van der Waals surface area contributed by atoms with Gasteiger partial charge in [0.15, 0.2) is 17.1 Å². The monoisotopic (exact) mass is 689 g/mol. The molecule has 4 aliphatic rings. The van der Waals surface area contributed by atoms with Crippen molar-refractivity contribution in [2.45, 2.75) is 103 Å². The molecule has 3 N–H and O–H groups in total. The largest absolute Gasteiger partial charge is 0.454 e. The SMILES string of the molecule is CNC(=O)C(=O)[C@H](CC1CC1)NC(=O)[C@@H]1C[C@]2(CC(c3cc(Cl)cc4c3OCO4)=NO2)CN1C(=O)[C@@H](NC(=O)OC(C)(C)C)C(C)(C)C. The van der Waals surface area contributed by atoms with Crippen LogP contribution in [0.25, 0.3) is 0 Å². The van der Waals surface area contributed by atoms with E-state index in [1.807, 2.05) is 0 Å². The van der Waals surface area contributed by atoms with E-state index in [4.69, 9.17) is 30.6 Å². The van der Waals surface area contributed by atoms with Crippen LogP contribution in [-0.4, -0.2) is 89.9 Å². The van der Waals surface area contributed by atoms with Gasteiger partial charge >= 0.3 is 6.09 Å². The summed E-state index contributed by atoms with van der Waals surface area (Å²) in [6.07, 6.45) is 1.52. The molecule has 1 aromatic carbocycles. The topological polar surface area (TPSA) is 174 Å². The molecule has 1 aliphatic carbocycles. The summed E-state index contributed by atoms with van der Waals surface area (Å²) in [5.41, 5.74) is -1.69. The number of rotatable bonds is 9. The quantitative estimate of drug-likeness (QED) is 0.329. The van der Waals surface area contributed by atoms with Crippen LogP contribution in [0.1, 0.15) is 79.2 Å². The molecule has 4 atom stereocenters. The van der Waals surface area contributed by atoms with E-state index in [1.54, 1.807) is 53.7 Å². The van der Waals surface area contributed by atoms with Gasteiger partial charge in [-0.25, -0.2) is 4.79 Å². The number of oxime groups is 1. The first kappa shape index (κ1) is 35.2. The third-order valence-corrected chi connectivity index (χ3v) is 8.92. The highest BCUT2D eigenvalue weighted by molar-refractivity contribution is 6.38. The molecule has 0 bridgehead atoms. The number of carbonyl (C=O) groups is 5. The van der Waals surface area contributed by atoms with Crippen molar-refractivity contribution in [2.75, 3.05) is 20.4 Å². The number of likely N-dealkylation sites (tertiary alicyclic amines) is 1. The first-order chi connectivity index (χ1) is 22.4. The second kappa shape index (κ2) is 13.1. The molecule has 1 spiro atoms. The molecular weight excluding hydrogens is 646 g/mol. The first-order valence-electron chi connectivity index (χ1n) is 16.1. The summed E-state index contributed by atoms with van der Waals surface area (Å²) >= 11 is 6.36. The minimum atomic E-state index is -1.13. The van der Waals surface area contributed by atoms with Gasteiger partial charge in [-0.05, 0) is 44.6 Å². The number of alkyl carbamates (subject to hydrolysis) is 1. The smallest absolute Gasteiger partial charge is 0.408 e. The lowest BCUT2D eigenvalue weighted by Crippen LogP contribution is -2.59. The summed E-state index contributed by atoms with van der Waals surface area (Å²) in [4.78, 5) is 74.2. The number of nitrogens with zero attached hydrogens (tertiary/aromatic N) is 2. The van der Waals surface area contributed by atoms with E-state index >= 15 is 0 Å². The maximum absolute atomic E-state index is 14.5. The van der Waals surface area contributed by atoms with Gasteiger partial charge in [0.1, 0.15) is 17.7 Å². The lowest BCUT2D eigenvalue weighted by atomic mass is 9.85. The number of amides is 4. The maximum atomic E-state index is 14.5. The molecule has 262 valence electrons. The second-order valence-corrected chi connectivity index (χ2v) is 15.4. The lowest BCUT2D eigenvalue weighted by molar-refractivity contribution is -0.144. The third kappa shape index (κ3) is 7.79. The van der Waals surface area contributed by atoms with E-state index in [2.05, 4.69) is 21.1 Å². The average molecular weight is 690 g/mol. The van der Waals surface area contributed by atoms with E-state index in [-0.39, 0.29) is 32.1 Å². The highest BCUT2D eigenvalue weighted by atomic mass is 35.5. The molecule has 5 rings (SSSR count). The Balaban J connectivity index is 1.45. The molecule has 2 fully saturated rings. The van der Waals surface area contributed by atoms with Crippen LogP contribution in [0.4, 0.5) is 4.79 Å². The highest BCUT2D eigenvalue weighted by Crippen LogP contribution is 2.45. The lowest BCUT2D eigenvalue weighted by Gasteiger charge is -2.36. The summed E-state index contributed by atoms with van der Waals surface area (Å²) < 4.78 is 16.6. The molecule has 1 saturated heterocycles. The van der Waals surface area contributed by atoms with Gasteiger partial charge in [0.2, 0.25) is 24.4 Å². The number of ketones is 1. The Bertz CT molecular complexity index is 1530. The number of hydrogen-bond donors (Lipinski definition) is 3. The molecule has 1 saturated carbocycles. The van der Waals surface area contributed by atoms with Crippen molar-refractivity contribution in [3.05, 3.63) is 22.7 Å². The van der Waals surface area contributed by atoms with E-state index < -0.39 is 64.3 Å². The Morgan fingerprint density at radius 3 is 2.42 bits per heavy atom. The molecule has 3 aliphatic heterocycles. The molecule has 0 radical (unpaired) electrons. The summed E-state index contributed by atoms with van der Waals surface area (Å²) in [5, 5.41) is 12.6. The fourth-order valence-corrected chi connectivity index (χ4v) is 6.38. The molecular formula is C33H44ClN5O9. The Morgan fingerprint density at radius 2 is 1.79 bits per heavy atom. The van der Waals surface area contributed by atoms with Gasteiger partial charge in [0, 0.05) is 36.5 Å². The van der Waals surface area contributed by atoms with Gasteiger partial charge in [-0.2, -0.15) is 0 Å². The number of nitrogens with one attached hydrogen (secondary N) is 3. The number of benzene rings is 1. The van der Waals surface area contributed by atoms with Crippen molar-refractivity contribution in [1.82, 2.24) is 20.9 Å². The number of carbonyl (C=O) groups excluding carboxylic acids is 5. The second-order valence-electron chi connectivity index (χ2n) is 15.0. The van der Waals surface area contributed by atoms with E-state index in [0.717, 1.165) is 12.8 Å². The average Bonchev–Trinajstić information content (AvgIpc) is 3.36. The van der Waals surface area contributed by atoms with Gasteiger partial charge in [0.05, 0.1) is 18.3 Å². The predicted octanol–water partition coefficient (Wildman–Crippen LogP) is 3.07. The third-order valence-electron chi connectivity index (χ3n) is 8.70. The number of halogens is 1. The van der Waals surface area contributed by atoms with Gasteiger partial charge in [-0.15, -0.1) is 0 Å². The molecule has 14 nitrogen and oxygen atoms in total. The molecule has 0 unspecified atom stereocenters. The van der Waals surface area contributed by atoms with E-state index in [1.165, 1.54) is 11.9 Å². The van der Waals surface area contributed by atoms with Crippen LogP contribution >= 0.6 is 11.6 Å². The van der Waals surface area contributed by atoms with Gasteiger partial charge in [0.25, 0.3) is 5.91 Å². The molecule has 48 heavy (non-hydrogen) atoms. The van der Waals surface area contributed by atoms with Crippen LogP contribution in [0.5, 0.6) is 11.5 Å². The summed E-state index contributed by atoms with van der Waals surface area (Å²) in [5.74, 6) is -1.61. The maximum Gasteiger partial charge on any atom is 0.408 e. The minimum Gasteiger partial charge on any atom is -0.454 e. The van der Waals surface area contributed by atoms with Gasteiger partial charge in [-0.3, -0.25) is 19.2 Å². The van der Waals surface area contributed by atoms with Crippen LogP contribution in [-0.2, 0) is 28.8 Å². The number of ether oxygens (including phenoxy) is 3. The van der Waals surface area contributed by atoms with Crippen LogP contribution in [0, 0.1) is 11.3 Å². The van der Waals surface area contributed by atoms with Crippen molar-refractivity contribution >= 4 is 46.9 Å². The van der Waals surface area contributed by atoms with E-state index in [0.29, 0.717) is 34.2 Å². The normalized spacial score (nSPS) is 22.8. The van der Waals surface area contributed by atoms with Crippen molar-refractivity contribution in [2.24, 2.45) is 16.5 Å². The predicted molar refractivity (Wildman–Crippen MR) is 174 cm³/mol.